The normalized spacial score (nSPS) is 10.1. The van der Waals surface area contributed by atoms with E-state index in [9.17, 15) is 14.4 Å². The van der Waals surface area contributed by atoms with Crippen LogP contribution < -0.4 is 5.32 Å². The summed E-state index contributed by atoms with van der Waals surface area (Å²) in [6.45, 7) is 0. The van der Waals surface area contributed by atoms with E-state index in [1.54, 1.807) is 48.5 Å². The van der Waals surface area contributed by atoms with Gasteiger partial charge < -0.3 is 10.4 Å². The maximum Gasteiger partial charge on any atom is 0.303 e. The summed E-state index contributed by atoms with van der Waals surface area (Å²) >= 11 is 3.30. The number of rotatable bonds is 6. The lowest BCUT2D eigenvalue weighted by molar-refractivity contribution is -0.136. The summed E-state index contributed by atoms with van der Waals surface area (Å²) in [7, 11) is 0. The summed E-state index contributed by atoms with van der Waals surface area (Å²) < 4.78 is 0.887. The molecule has 23 heavy (non-hydrogen) atoms. The van der Waals surface area contributed by atoms with Crippen molar-refractivity contribution < 1.29 is 19.5 Å². The molecular weight excluding hydrogens is 362 g/mol. The van der Waals surface area contributed by atoms with Gasteiger partial charge in [-0.3, -0.25) is 14.4 Å². The van der Waals surface area contributed by atoms with Gasteiger partial charge in [0, 0.05) is 27.7 Å². The standard InChI is InChI=1S/C17H14BrNO4/c18-13-5-1-12(2-6-13)17(23)19-14-7-3-11(4-8-14)15(20)9-10-16(21)22/h1-8H,9-10H2,(H,19,23)(H,21,22). The molecule has 0 aliphatic heterocycles. The summed E-state index contributed by atoms with van der Waals surface area (Å²) in [5.74, 6) is -1.49. The number of hydrogen-bond donors (Lipinski definition) is 2. The number of ketones is 1. The van der Waals surface area contributed by atoms with Gasteiger partial charge in [-0.2, -0.15) is 0 Å². The van der Waals surface area contributed by atoms with E-state index in [1.165, 1.54) is 0 Å². The van der Waals surface area contributed by atoms with Crippen LogP contribution in [0.5, 0.6) is 0 Å². The zero-order valence-electron chi connectivity index (χ0n) is 12.1. The van der Waals surface area contributed by atoms with Crippen molar-refractivity contribution in [1.82, 2.24) is 0 Å². The Bertz CT molecular complexity index is 723. The van der Waals surface area contributed by atoms with E-state index in [1.807, 2.05) is 0 Å². The van der Waals surface area contributed by atoms with E-state index in [4.69, 9.17) is 5.11 Å². The first-order chi connectivity index (χ1) is 11.0. The van der Waals surface area contributed by atoms with Crippen LogP contribution in [0.25, 0.3) is 0 Å². The van der Waals surface area contributed by atoms with Gasteiger partial charge in [-0.1, -0.05) is 15.9 Å². The number of carbonyl (C=O) groups excluding carboxylic acids is 2. The van der Waals surface area contributed by atoms with Crippen molar-refractivity contribution in [2.75, 3.05) is 5.32 Å². The Morgan fingerprint density at radius 2 is 1.43 bits per heavy atom. The van der Waals surface area contributed by atoms with Crippen LogP contribution in [0.1, 0.15) is 33.6 Å². The largest absolute Gasteiger partial charge is 0.481 e. The number of aliphatic carboxylic acids is 1. The Morgan fingerprint density at radius 3 is 2.00 bits per heavy atom. The highest BCUT2D eigenvalue weighted by molar-refractivity contribution is 9.10. The first-order valence-electron chi connectivity index (χ1n) is 6.87. The van der Waals surface area contributed by atoms with Gasteiger partial charge in [0.05, 0.1) is 6.42 Å². The Hall–Kier alpha value is -2.47. The maximum absolute atomic E-state index is 12.1. The maximum atomic E-state index is 12.1. The van der Waals surface area contributed by atoms with Gasteiger partial charge in [0.2, 0.25) is 0 Å². The smallest absolute Gasteiger partial charge is 0.303 e. The van der Waals surface area contributed by atoms with Gasteiger partial charge in [-0.25, -0.2) is 0 Å². The summed E-state index contributed by atoms with van der Waals surface area (Å²) in [6.07, 6.45) is -0.235. The molecule has 0 aromatic heterocycles. The van der Waals surface area contributed by atoms with E-state index >= 15 is 0 Å². The number of nitrogens with one attached hydrogen (secondary N) is 1. The van der Waals surface area contributed by atoms with Crippen molar-refractivity contribution in [3.05, 3.63) is 64.1 Å². The third kappa shape index (κ3) is 5.03. The molecule has 0 heterocycles. The molecule has 2 aromatic carbocycles. The second-order valence-corrected chi connectivity index (χ2v) is 5.77. The summed E-state index contributed by atoms with van der Waals surface area (Å²) in [6, 6.07) is 13.3. The minimum absolute atomic E-state index is 0.0417. The summed E-state index contributed by atoms with van der Waals surface area (Å²) in [4.78, 5) is 34.3. The van der Waals surface area contributed by atoms with Crippen LogP contribution in [0.3, 0.4) is 0 Å². The topological polar surface area (TPSA) is 83.5 Å². The van der Waals surface area contributed by atoms with Crippen LogP contribution in [0, 0.1) is 0 Å². The Morgan fingerprint density at radius 1 is 0.870 bits per heavy atom. The molecular formula is C17H14BrNO4. The van der Waals surface area contributed by atoms with Crippen LogP contribution >= 0.6 is 15.9 Å². The lowest BCUT2D eigenvalue weighted by Gasteiger charge is -2.06. The van der Waals surface area contributed by atoms with Crippen molar-refractivity contribution in [3.8, 4) is 0 Å². The number of carboxylic acids is 1. The van der Waals surface area contributed by atoms with Crippen molar-refractivity contribution in [1.29, 1.82) is 0 Å². The molecule has 0 fully saturated rings. The molecule has 0 radical (unpaired) electrons. The molecule has 2 rings (SSSR count). The number of Topliss-reactive ketones (excluding diaryl/α,β-unsaturated/α-hetero) is 1. The number of benzene rings is 2. The average Bonchev–Trinajstić information content (AvgIpc) is 2.54. The van der Waals surface area contributed by atoms with E-state index in [2.05, 4.69) is 21.2 Å². The molecule has 0 bridgehead atoms. The lowest BCUT2D eigenvalue weighted by atomic mass is 10.1. The van der Waals surface area contributed by atoms with Crippen molar-refractivity contribution >= 4 is 39.3 Å². The fourth-order valence-electron chi connectivity index (χ4n) is 1.91. The fraction of sp³-hybridized carbons (Fsp3) is 0.118. The van der Waals surface area contributed by atoms with Crippen LogP contribution in [0.15, 0.2) is 53.0 Å². The highest BCUT2D eigenvalue weighted by Gasteiger charge is 2.10. The Balaban J connectivity index is 1.99. The third-order valence-corrected chi connectivity index (χ3v) is 3.67. The molecule has 6 heteroatoms. The molecule has 0 aliphatic rings. The minimum Gasteiger partial charge on any atom is -0.481 e. The highest BCUT2D eigenvalue weighted by atomic mass is 79.9. The molecule has 118 valence electrons. The molecule has 0 aliphatic carbocycles. The zero-order chi connectivity index (χ0) is 16.8. The fourth-order valence-corrected chi connectivity index (χ4v) is 2.17. The number of halogens is 1. The molecule has 5 nitrogen and oxygen atoms in total. The Labute approximate surface area is 141 Å². The van der Waals surface area contributed by atoms with E-state index in [0.29, 0.717) is 16.8 Å². The Kier molecular flexibility index (Phi) is 5.65. The zero-order valence-corrected chi connectivity index (χ0v) is 13.7. The lowest BCUT2D eigenvalue weighted by Crippen LogP contribution is -2.12. The van der Waals surface area contributed by atoms with Gasteiger partial charge in [-0.15, -0.1) is 0 Å². The van der Waals surface area contributed by atoms with Crippen LogP contribution in [0.4, 0.5) is 5.69 Å². The number of carbonyl (C=O) groups is 3. The number of anilines is 1. The second-order valence-electron chi connectivity index (χ2n) is 4.86. The molecule has 1 amide bonds. The monoisotopic (exact) mass is 375 g/mol. The highest BCUT2D eigenvalue weighted by Crippen LogP contribution is 2.15. The van der Waals surface area contributed by atoms with E-state index in [-0.39, 0.29) is 24.5 Å². The quantitative estimate of drug-likeness (QED) is 0.753. The van der Waals surface area contributed by atoms with Crippen molar-refractivity contribution in [3.63, 3.8) is 0 Å². The molecule has 0 saturated carbocycles. The van der Waals surface area contributed by atoms with Gasteiger partial charge in [-0.05, 0) is 48.5 Å². The van der Waals surface area contributed by atoms with Crippen LogP contribution in [-0.4, -0.2) is 22.8 Å². The molecule has 2 N–H and O–H groups in total. The molecule has 0 unspecified atom stereocenters. The first kappa shape index (κ1) is 16.9. The van der Waals surface area contributed by atoms with Gasteiger partial charge in [0.15, 0.2) is 5.78 Å². The SMILES string of the molecule is O=C(O)CCC(=O)c1ccc(NC(=O)c2ccc(Br)cc2)cc1. The number of amides is 1. The second kappa shape index (κ2) is 7.69. The van der Waals surface area contributed by atoms with E-state index < -0.39 is 5.97 Å². The van der Waals surface area contributed by atoms with Crippen LogP contribution in [-0.2, 0) is 4.79 Å². The molecule has 0 spiro atoms. The summed E-state index contributed by atoms with van der Waals surface area (Å²) in [5.41, 5.74) is 1.51. The molecule has 2 aromatic rings. The van der Waals surface area contributed by atoms with Crippen molar-refractivity contribution in [2.45, 2.75) is 12.8 Å². The predicted octanol–water partition coefficient (Wildman–Crippen LogP) is 3.75. The molecule has 0 saturated heterocycles. The summed E-state index contributed by atoms with van der Waals surface area (Å²) in [5, 5.41) is 11.3. The predicted molar refractivity (Wildman–Crippen MR) is 89.7 cm³/mol. The van der Waals surface area contributed by atoms with Gasteiger partial charge in [0.25, 0.3) is 5.91 Å². The van der Waals surface area contributed by atoms with Gasteiger partial charge >= 0.3 is 5.97 Å². The average molecular weight is 376 g/mol. The van der Waals surface area contributed by atoms with E-state index in [0.717, 1.165) is 4.47 Å². The molecule has 0 atom stereocenters. The minimum atomic E-state index is -1.00. The number of carboxylic acid groups (broad SMARTS) is 1. The van der Waals surface area contributed by atoms with Gasteiger partial charge in [0.1, 0.15) is 0 Å². The van der Waals surface area contributed by atoms with Crippen LogP contribution in [0.2, 0.25) is 0 Å². The number of hydrogen-bond acceptors (Lipinski definition) is 3. The third-order valence-electron chi connectivity index (χ3n) is 3.14. The first-order valence-corrected chi connectivity index (χ1v) is 7.67. The van der Waals surface area contributed by atoms with Crippen molar-refractivity contribution in [2.24, 2.45) is 0 Å².